The quantitative estimate of drug-likeness (QED) is 0.822. The fraction of sp³-hybridized carbons (Fsp3) is 0.353. The number of anilines is 1. The molecule has 1 aromatic heterocycles. The van der Waals surface area contributed by atoms with Crippen molar-refractivity contribution < 1.29 is 0 Å². The van der Waals surface area contributed by atoms with E-state index in [9.17, 15) is 5.26 Å². The fourth-order valence-corrected chi connectivity index (χ4v) is 2.75. The Morgan fingerprint density at radius 1 is 1.14 bits per heavy atom. The molecule has 0 unspecified atom stereocenters. The highest BCUT2D eigenvalue weighted by molar-refractivity contribution is 7.98. The van der Waals surface area contributed by atoms with Gasteiger partial charge in [-0.2, -0.15) is 10.4 Å². The minimum absolute atomic E-state index is 0.575. The van der Waals surface area contributed by atoms with Crippen molar-refractivity contribution in [3.63, 3.8) is 0 Å². The van der Waals surface area contributed by atoms with E-state index >= 15 is 0 Å². The highest BCUT2D eigenvalue weighted by Crippen LogP contribution is 2.21. The van der Waals surface area contributed by atoms with E-state index in [0.29, 0.717) is 17.9 Å². The Balaban J connectivity index is 2.20. The molecule has 0 aliphatic rings. The van der Waals surface area contributed by atoms with E-state index in [1.807, 2.05) is 13.8 Å². The first-order chi connectivity index (χ1) is 10.7. The molecule has 0 atom stereocenters. The van der Waals surface area contributed by atoms with Gasteiger partial charge in [0.1, 0.15) is 11.6 Å². The number of hydrogen-bond acceptors (Lipinski definition) is 5. The van der Waals surface area contributed by atoms with Gasteiger partial charge in [0, 0.05) is 11.4 Å². The van der Waals surface area contributed by atoms with Gasteiger partial charge in [-0.05, 0) is 42.4 Å². The summed E-state index contributed by atoms with van der Waals surface area (Å²) in [5.74, 6) is 0.575. The maximum absolute atomic E-state index is 9.46. The molecule has 2 rings (SSSR count). The van der Waals surface area contributed by atoms with Crippen molar-refractivity contribution in [2.24, 2.45) is 0 Å². The summed E-state index contributed by atoms with van der Waals surface area (Å²) in [7, 11) is 0. The molecular weight excluding hydrogens is 292 g/mol. The lowest BCUT2D eigenvalue weighted by molar-refractivity contribution is 0.869. The number of nitrogens with one attached hydrogen (secondary N) is 1. The van der Waals surface area contributed by atoms with Crippen LogP contribution in [0.4, 0.5) is 5.82 Å². The second kappa shape index (κ2) is 7.81. The molecule has 22 heavy (non-hydrogen) atoms. The topological polar surface area (TPSA) is 61.6 Å². The largest absolute Gasteiger partial charge is 0.363 e. The van der Waals surface area contributed by atoms with Gasteiger partial charge in [-0.1, -0.05) is 26.0 Å². The highest BCUT2D eigenvalue weighted by atomic mass is 32.2. The molecule has 0 radical (unpaired) electrons. The molecule has 0 bridgehead atoms. The van der Waals surface area contributed by atoms with E-state index in [2.05, 4.69) is 52.1 Å². The zero-order chi connectivity index (χ0) is 15.9. The molecule has 0 aliphatic carbocycles. The molecular formula is C17H20N4S. The van der Waals surface area contributed by atoms with E-state index in [-0.39, 0.29) is 0 Å². The molecule has 0 saturated heterocycles. The first-order valence-electron chi connectivity index (χ1n) is 7.38. The zero-order valence-electron chi connectivity index (χ0n) is 13.2. The Bertz CT molecular complexity index is 674. The monoisotopic (exact) mass is 312 g/mol. The van der Waals surface area contributed by atoms with Crippen molar-refractivity contribution >= 4 is 17.6 Å². The van der Waals surface area contributed by atoms with Crippen LogP contribution in [0.2, 0.25) is 0 Å². The zero-order valence-corrected chi connectivity index (χ0v) is 14.0. The Labute approximate surface area is 136 Å². The summed E-state index contributed by atoms with van der Waals surface area (Å²) in [5, 5.41) is 21.1. The summed E-state index contributed by atoms with van der Waals surface area (Å²) < 4.78 is 0. The van der Waals surface area contributed by atoms with Crippen molar-refractivity contribution in [2.45, 2.75) is 38.1 Å². The van der Waals surface area contributed by atoms with Gasteiger partial charge < -0.3 is 5.32 Å². The van der Waals surface area contributed by atoms with Crippen molar-refractivity contribution in [1.29, 1.82) is 5.26 Å². The van der Waals surface area contributed by atoms with Gasteiger partial charge in [0.25, 0.3) is 0 Å². The number of thioether (sulfide) groups is 1. The molecule has 0 amide bonds. The maximum atomic E-state index is 9.46. The summed E-state index contributed by atoms with van der Waals surface area (Å²) in [5.41, 5.74) is 3.69. The van der Waals surface area contributed by atoms with Crippen LogP contribution in [0.1, 0.15) is 36.2 Å². The molecule has 0 spiro atoms. The normalized spacial score (nSPS) is 10.3. The van der Waals surface area contributed by atoms with Crippen LogP contribution in [0.15, 0.2) is 29.2 Å². The molecule has 114 valence electrons. The smallest absolute Gasteiger partial charge is 0.167 e. The lowest BCUT2D eigenvalue weighted by Crippen LogP contribution is -2.10. The second-order valence-corrected chi connectivity index (χ2v) is 5.75. The summed E-state index contributed by atoms with van der Waals surface area (Å²) in [6.45, 7) is 4.71. The molecule has 1 N–H and O–H groups in total. The standard InChI is InChI=1S/C17H20N4S/c1-4-14-15(10-18)17(21-20-16(14)5-2)19-11-12-6-8-13(22-3)9-7-12/h6-9H,4-5,11H2,1-3H3,(H,19,21). The van der Waals surface area contributed by atoms with E-state index in [1.54, 1.807) is 11.8 Å². The van der Waals surface area contributed by atoms with Crippen LogP contribution in [-0.4, -0.2) is 16.5 Å². The van der Waals surface area contributed by atoms with Gasteiger partial charge in [0.15, 0.2) is 5.82 Å². The van der Waals surface area contributed by atoms with Gasteiger partial charge in [-0.3, -0.25) is 0 Å². The van der Waals surface area contributed by atoms with Gasteiger partial charge in [0.05, 0.1) is 5.69 Å². The predicted molar refractivity (Wildman–Crippen MR) is 91.1 cm³/mol. The number of rotatable bonds is 6. The number of aryl methyl sites for hydroxylation is 1. The molecule has 4 nitrogen and oxygen atoms in total. The van der Waals surface area contributed by atoms with Crippen molar-refractivity contribution in [3.05, 3.63) is 46.6 Å². The number of benzene rings is 1. The number of aromatic nitrogens is 2. The van der Waals surface area contributed by atoms with Crippen LogP contribution >= 0.6 is 11.8 Å². The van der Waals surface area contributed by atoms with Crippen molar-refractivity contribution in [1.82, 2.24) is 10.2 Å². The lowest BCUT2D eigenvalue weighted by Gasteiger charge is -2.12. The third-order valence-corrected chi connectivity index (χ3v) is 4.32. The Morgan fingerprint density at radius 3 is 2.41 bits per heavy atom. The van der Waals surface area contributed by atoms with Crippen LogP contribution in [0, 0.1) is 11.3 Å². The van der Waals surface area contributed by atoms with Crippen molar-refractivity contribution in [3.8, 4) is 6.07 Å². The first-order valence-corrected chi connectivity index (χ1v) is 8.61. The second-order valence-electron chi connectivity index (χ2n) is 4.87. The maximum Gasteiger partial charge on any atom is 0.167 e. The van der Waals surface area contributed by atoms with E-state index in [0.717, 1.165) is 29.7 Å². The average Bonchev–Trinajstić information content (AvgIpc) is 2.59. The minimum Gasteiger partial charge on any atom is -0.363 e. The predicted octanol–water partition coefficient (Wildman–Crippen LogP) is 3.81. The first kappa shape index (κ1) is 16.3. The van der Waals surface area contributed by atoms with Crippen molar-refractivity contribution in [2.75, 3.05) is 11.6 Å². The van der Waals surface area contributed by atoms with E-state index < -0.39 is 0 Å². The Kier molecular flexibility index (Phi) is 5.79. The molecule has 5 heteroatoms. The Hall–Kier alpha value is -2.06. The van der Waals surface area contributed by atoms with E-state index in [4.69, 9.17) is 0 Å². The lowest BCUT2D eigenvalue weighted by atomic mass is 10.0. The summed E-state index contributed by atoms with van der Waals surface area (Å²) in [4.78, 5) is 1.24. The molecule has 0 saturated carbocycles. The summed E-state index contributed by atoms with van der Waals surface area (Å²) >= 11 is 1.72. The molecule has 0 aliphatic heterocycles. The van der Waals surface area contributed by atoms with Crippen LogP contribution in [-0.2, 0) is 19.4 Å². The van der Waals surface area contributed by atoms with Gasteiger partial charge in [-0.15, -0.1) is 16.9 Å². The van der Waals surface area contributed by atoms with E-state index in [1.165, 1.54) is 4.90 Å². The van der Waals surface area contributed by atoms with Crippen LogP contribution in [0.5, 0.6) is 0 Å². The fourth-order valence-electron chi connectivity index (χ4n) is 2.35. The average molecular weight is 312 g/mol. The van der Waals surface area contributed by atoms with Crippen LogP contribution < -0.4 is 5.32 Å². The number of nitrogens with zero attached hydrogens (tertiary/aromatic N) is 3. The highest BCUT2D eigenvalue weighted by Gasteiger charge is 2.13. The Morgan fingerprint density at radius 2 is 1.86 bits per heavy atom. The minimum atomic E-state index is 0.575. The molecule has 0 fully saturated rings. The SMILES string of the molecule is CCc1nnc(NCc2ccc(SC)cc2)c(C#N)c1CC. The van der Waals surface area contributed by atoms with Gasteiger partial charge in [-0.25, -0.2) is 0 Å². The molecule has 2 aromatic rings. The molecule has 1 aromatic carbocycles. The summed E-state index contributed by atoms with van der Waals surface area (Å²) in [6.07, 6.45) is 3.64. The summed E-state index contributed by atoms with van der Waals surface area (Å²) in [6, 6.07) is 10.6. The molecule has 1 heterocycles. The third-order valence-electron chi connectivity index (χ3n) is 3.58. The number of nitriles is 1. The van der Waals surface area contributed by atoms with Gasteiger partial charge in [0.2, 0.25) is 0 Å². The van der Waals surface area contributed by atoms with Crippen LogP contribution in [0.3, 0.4) is 0 Å². The number of hydrogen-bond donors (Lipinski definition) is 1. The van der Waals surface area contributed by atoms with Gasteiger partial charge >= 0.3 is 0 Å². The third kappa shape index (κ3) is 3.58. The van der Waals surface area contributed by atoms with Crippen LogP contribution in [0.25, 0.3) is 0 Å².